The second-order valence-electron chi connectivity index (χ2n) is 4.19. The van der Waals surface area contributed by atoms with Gasteiger partial charge in [0.1, 0.15) is 5.82 Å². The fraction of sp³-hybridized carbons (Fsp3) is 0.286. The summed E-state index contributed by atoms with van der Waals surface area (Å²) in [4.78, 5) is 15.1. The number of benzene rings is 1. The van der Waals surface area contributed by atoms with Gasteiger partial charge in [-0.05, 0) is 5.56 Å². The van der Waals surface area contributed by atoms with Crippen LogP contribution in [0, 0.1) is 0 Å². The molecule has 4 nitrogen and oxygen atoms in total. The third-order valence-corrected chi connectivity index (χ3v) is 2.72. The molecule has 0 bridgehead atoms. The largest absolute Gasteiger partial charge is 0.356 e. The summed E-state index contributed by atoms with van der Waals surface area (Å²) in [6.45, 7) is 2.97. The lowest BCUT2D eigenvalue weighted by molar-refractivity contribution is -0.118. The number of hydrogen-bond acceptors (Lipinski definition) is 2. The van der Waals surface area contributed by atoms with Gasteiger partial charge >= 0.3 is 0 Å². The number of carbonyl (C=O) groups excluding carboxylic acids is 1. The van der Waals surface area contributed by atoms with Gasteiger partial charge in [0.15, 0.2) is 0 Å². The molecule has 0 unspecified atom stereocenters. The number of aromatic nitrogens is 2. The van der Waals surface area contributed by atoms with Gasteiger partial charge in [0.2, 0.25) is 5.91 Å². The van der Waals surface area contributed by atoms with Crippen molar-refractivity contribution in [3.8, 4) is 0 Å². The van der Waals surface area contributed by atoms with Gasteiger partial charge in [0.05, 0.1) is 0 Å². The normalized spacial score (nSPS) is 10.3. The minimum absolute atomic E-state index is 0.00355. The van der Waals surface area contributed by atoms with E-state index in [2.05, 4.69) is 27.0 Å². The third kappa shape index (κ3) is 3.45. The van der Waals surface area contributed by atoms with Crippen molar-refractivity contribution in [1.82, 2.24) is 14.9 Å². The van der Waals surface area contributed by atoms with Crippen molar-refractivity contribution in [2.45, 2.75) is 19.9 Å². The van der Waals surface area contributed by atoms with Crippen molar-refractivity contribution in [3.63, 3.8) is 0 Å². The fourth-order valence-corrected chi connectivity index (χ4v) is 1.84. The summed E-state index contributed by atoms with van der Waals surface area (Å²) < 4.78 is 2.11. The molecule has 0 aliphatic carbocycles. The van der Waals surface area contributed by atoms with E-state index in [1.807, 2.05) is 24.4 Å². The number of amides is 1. The molecule has 0 atom stereocenters. The van der Waals surface area contributed by atoms with Crippen molar-refractivity contribution in [3.05, 3.63) is 54.1 Å². The van der Waals surface area contributed by atoms with Crippen LogP contribution in [-0.4, -0.2) is 22.0 Å². The smallest absolute Gasteiger partial charge is 0.216 e. The minimum Gasteiger partial charge on any atom is -0.356 e. The predicted molar refractivity (Wildman–Crippen MR) is 70.2 cm³/mol. The van der Waals surface area contributed by atoms with Crippen molar-refractivity contribution in [2.24, 2.45) is 0 Å². The summed E-state index contributed by atoms with van der Waals surface area (Å²) in [5.74, 6) is 0.990. The van der Waals surface area contributed by atoms with Crippen molar-refractivity contribution < 1.29 is 4.79 Å². The first kappa shape index (κ1) is 12.4. The van der Waals surface area contributed by atoms with E-state index in [9.17, 15) is 4.79 Å². The van der Waals surface area contributed by atoms with Crippen LogP contribution in [0.3, 0.4) is 0 Å². The second kappa shape index (κ2) is 6.00. The Morgan fingerprint density at radius 1 is 1.33 bits per heavy atom. The molecule has 1 N–H and O–H groups in total. The summed E-state index contributed by atoms with van der Waals surface area (Å²) in [5, 5.41) is 2.78. The zero-order valence-corrected chi connectivity index (χ0v) is 10.5. The minimum atomic E-state index is -0.00355. The number of hydrogen-bond donors (Lipinski definition) is 1. The summed E-state index contributed by atoms with van der Waals surface area (Å²) in [7, 11) is 0. The molecule has 2 aromatic rings. The van der Waals surface area contributed by atoms with Gasteiger partial charge in [0, 0.05) is 38.8 Å². The van der Waals surface area contributed by atoms with Gasteiger partial charge in [-0.15, -0.1) is 0 Å². The molecular formula is C14H17N3O. The summed E-state index contributed by atoms with van der Waals surface area (Å²) in [5.41, 5.74) is 1.25. The quantitative estimate of drug-likeness (QED) is 0.867. The number of nitrogens with zero attached hydrogens (tertiary/aromatic N) is 2. The molecule has 0 saturated heterocycles. The van der Waals surface area contributed by atoms with Gasteiger partial charge in [-0.25, -0.2) is 4.98 Å². The van der Waals surface area contributed by atoms with E-state index < -0.39 is 0 Å². The monoisotopic (exact) mass is 243 g/mol. The Bertz CT molecular complexity index is 505. The molecular weight excluding hydrogens is 226 g/mol. The Kier molecular flexibility index (Phi) is 4.12. The van der Waals surface area contributed by atoms with Crippen LogP contribution in [0.2, 0.25) is 0 Å². The lowest BCUT2D eigenvalue weighted by atomic mass is 10.2. The maximum Gasteiger partial charge on any atom is 0.216 e. The molecule has 18 heavy (non-hydrogen) atoms. The Labute approximate surface area is 107 Å². The first-order valence-corrected chi connectivity index (χ1v) is 6.04. The molecule has 0 fully saturated rings. The van der Waals surface area contributed by atoms with Gasteiger partial charge in [-0.1, -0.05) is 30.3 Å². The van der Waals surface area contributed by atoms with E-state index in [0.29, 0.717) is 6.54 Å². The average molecular weight is 243 g/mol. The zero-order valence-electron chi connectivity index (χ0n) is 10.5. The Morgan fingerprint density at radius 2 is 2.11 bits per heavy atom. The molecule has 4 heteroatoms. The predicted octanol–water partition coefficient (Wildman–Crippen LogP) is 1.61. The average Bonchev–Trinajstić information content (AvgIpc) is 2.78. The molecule has 0 saturated carbocycles. The molecule has 1 amide bonds. The molecule has 0 radical (unpaired) electrons. The zero-order chi connectivity index (χ0) is 12.8. The SMILES string of the molecule is CC(=O)NCCc1nccn1Cc1ccccc1. The summed E-state index contributed by atoms with van der Waals surface area (Å²) >= 11 is 0. The molecule has 1 aromatic heterocycles. The highest BCUT2D eigenvalue weighted by Crippen LogP contribution is 2.05. The molecule has 0 aliphatic heterocycles. The Hall–Kier alpha value is -2.10. The Balaban J connectivity index is 1.97. The molecule has 0 spiro atoms. The van der Waals surface area contributed by atoms with Crippen LogP contribution in [0.15, 0.2) is 42.7 Å². The lowest BCUT2D eigenvalue weighted by Gasteiger charge is -2.08. The number of carbonyl (C=O) groups is 1. The fourth-order valence-electron chi connectivity index (χ4n) is 1.84. The van der Waals surface area contributed by atoms with Crippen LogP contribution in [0.1, 0.15) is 18.3 Å². The number of imidazole rings is 1. The van der Waals surface area contributed by atoms with Crippen LogP contribution >= 0.6 is 0 Å². The van der Waals surface area contributed by atoms with Crippen molar-refractivity contribution in [1.29, 1.82) is 0 Å². The Morgan fingerprint density at radius 3 is 2.83 bits per heavy atom. The molecule has 94 valence electrons. The van der Waals surface area contributed by atoms with Crippen LogP contribution < -0.4 is 5.32 Å². The highest BCUT2D eigenvalue weighted by molar-refractivity contribution is 5.72. The van der Waals surface area contributed by atoms with E-state index in [1.165, 1.54) is 12.5 Å². The van der Waals surface area contributed by atoms with E-state index in [0.717, 1.165) is 18.8 Å². The topological polar surface area (TPSA) is 46.9 Å². The van der Waals surface area contributed by atoms with Gasteiger partial charge in [0.25, 0.3) is 0 Å². The van der Waals surface area contributed by atoms with Crippen LogP contribution in [0.25, 0.3) is 0 Å². The number of nitrogens with one attached hydrogen (secondary N) is 1. The van der Waals surface area contributed by atoms with E-state index in [-0.39, 0.29) is 5.91 Å². The first-order chi connectivity index (χ1) is 8.75. The van der Waals surface area contributed by atoms with E-state index in [4.69, 9.17) is 0 Å². The van der Waals surface area contributed by atoms with Crippen molar-refractivity contribution in [2.75, 3.05) is 6.54 Å². The van der Waals surface area contributed by atoms with Crippen molar-refractivity contribution >= 4 is 5.91 Å². The summed E-state index contributed by atoms with van der Waals surface area (Å²) in [6.07, 6.45) is 4.52. The van der Waals surface area contributed by atoms with E-state index in [1.54, 1.807) is 6.20 Å². The van der Waals surface area contributed by atoms with Crippen LogP contribution in [0.5, 0.6) is 0 Å². The van der Waals surface area contributed by atoms with Gasteiger partial charge < -0.3 is 9.88 Å². The van der Waals surface area contributed by atoms with Gasteiger partial charge in [-0.2, -0.15) is 0 Å². The van der Waals surface area contributed by atoms with Crippen LogP contribution in [-0.2, 0) is 17.8 Å². The first-order valence-electron chi connectivity index (χ1n) is 6.04. The molecule has 0 aliphatic rings. The van der Waals surface area contributed by atoms with E-state index >= 15 is 0 Å². The molecule has 2 rings (SSSR count). The highest BCUT2D eigenvalue weighted by atomic mass is 16.1. The standard InChI is InChI=1S/C14H17N3O/c1-12(18)15-8-7-14-16-9-10-17(14)11-13-5-3-2-4-6-13/h2-6,9-10H,7-8,11H2,1H3,(H,15,18). The molecule has 1 heterocycles. The number of rotatable bonds is 5. The third-order valence-electron chi connectivity index (χ3n) is 2.72. The molecule has 1 aromatic carbocycles. The van der Waals surface area contributed by atoms with Gasteiger partial charge in [-0.3, -0.25) is 4.79 Å². The maximum absolute atomic E-state index is 10.8. The second-order valence-corrected chi connectivity index (χ2v) is 4.19. The maximum atomic E-state index is 10.8. The lowest BCUT2D eigenvalue weighted by Crippen LogP contribution is -2.23. The highest BCUT2D eigenvalue weighted by Gasteiger charge is 2.03. The summed E-state index contributed by atoms with van der Waals surface area (Å²) in [6, 6.07) is 10.3. The van der Waals surface area contributed by atoms with Crippen LogP contribution in [0.4, 0.5) is 0 Å².